The molecule has 0 saturated heterocycles. The van der Waals surface area contributed by atoms with Gasteiger partial charge in [-0.3, -0.25) is 0 Å². The minimum Gasteiger partial charge on any atom is -0.314 e. The summed E-state index contributed by atoms with van der Waals surface area (Å²) in [6.07, 6.45) is 35.9. The molecule has 0 aliphatic heterocycles. The molecular weight excluding hydrogens is 374 g/mol. The molecule has 0 aromatic carbocycles. The molecule has 0 aromatic heterocycles. The number of hydrogen-bond acceptors (Lipinski definition) is 1. The Morgan fingerprint density at radius 1 is 0.355 bits per heavy atom. The van der Waals surface area contributed by atoms with Gasteiger partial charge in [-0.25, -0.2) is 0 Å². The van der Waals surface area contributed by atoms with Crippen molar-refractivity contribution in [2.75, 3.05) is 6.54 Å². The van der Waals surface area contributed by atoms with Crippen LogP contribution in [0.3, 0.4) is 0 Å². The highest BCUT2D eigenvalue weighted by atomic mass is 14.9. The van der Waals surface area contributed by atoms with E-state index in [0.717, 1.165) is 6.04 Å². The Kier molecular flexibility index (Phi) is 28.0. The summed E-state index contributed by atoms with van der Waals surface area (Å²) < 4.78 is 0. The average Bonchev–Trinajstić information content (AvgIpc) is 2.78. The van der Waals surface area contributed by atoms with Crippen LogP contribution in [0.5, 0.6) is 0 Å². The molecule has 0 amide bonds. The fourth-order valence-electron chi connectivity index (χ4n) is 4.79. The smallest absolute Gasteiger partial charge is 0.00670 e. The third kappa shape index (κ3) is 26.1. The lowest BCUT2D eigenvalue weighted by Gasteiger charge is -2.19. The Morgan fingerprint density at radius 2 is 0.645 bits per heavy atom. The normalized spacial score (nSPS) is 12.5. The molecule has 31 heavy (non-hydrogen) atoms. The van der Waals surface area contributed by atoms with Gasteiger partial charge >= 0.3 is 0 Å². The topological polar surface area (TPSA) is 12.0 Å². The maximum Gasteiger partial charge on any atom is 0.00670 e. The second-order valence-corrected chi connectivity index (χ2v) is 10.3. The highest BCUT2D eigenvalue weighted by Gasteiger charge is 2.08. The molecule has 0 radical (unpaired) electrons. The molecule has 0 heterocycles. The van der Waals surface area contributed by atoms with Gasteiger partial charge in [-0.05, 0) is 25.8 Å². The molecule has 1 atom stereocenters. The molecule has 0 aromatic rings. The zero-order valence-electron chi connectivity index (χ0n) is 22.5. The number of nitrogens with one attached hydrogen (secondary N) is 1. The highest BCUT2D eigenvalue weighted by molar-refractivity contribution is 4.68. The van der Waals surface area contributed by atoms with Crippen LogP contribution in [0.1, 0.15) is 181 Å². The second-order valence-electron chi connectivity index (χ2n) is 10.3. The van der Waals surface area contributed by atoms with Crippen molar-refractivity contribution in [2.45, 2.75) is 187 Å². The van der Waals surface area contributed by atoms with Gasteiger partial charge in [0.1, 0.15) is 0 Å². The maximum absolute atomic E-state index is 3.96. The van der Waals surface area contributed by atoms with Gasteiger partial charge in [0.15, 0.2) is 0 Å². The molecular formula is C30H63N. The van der Waals surface area contributed by atoms with Gasteiger partial charge in [0.05, 0.1) is 0 Å². The zero-order valence-corrected chi connectivity index (χ0v) is 22.5. The van der Waals surface area contributed by atoms with Gasteiger partial charge in [0, 0.05) is 6.04 Å². The van der Waals surface area contributed by atoms with Gasteiger partial charge in [-0.15, -0.1) is 0 Å². The van der Waals surface area contributed by atoms with E-state index in [4.69, 9.17) is 0 Å². The first-order valence-electron chi connectivity index (χ1n) is 15.1. The lowest BCUT2D eigenvalue weighted by atomic mass is 9.99. The highest BCUT2D eigenvalue weighted by Crippen LogP contribution is 2.15. The summed E-state index contributed by atoms with van der Waals surface area (Å²) >= 11 is 0. The Labute approximate surface area is 199 Å². The lowest BCUT2D eigenvalue weighted by Crippen LogP contribution is -2.30. The van der Waals surface area contributed by atoms with Gasteiger partial charge in [0.2, 0.25) is 0 Å². The van der Waals surface area contributed by atoms with Crippen LogP contribution in [-0.2, 0) is 0 Å². The predicted molar refractivity (Wildman–Crippen MR) is 144 cm³/mol. The van der Waals surface area contributed by atoms with E-state index in [1.165, 1.54) is 167 Å². The Hall–Kier alpha value is -0.0400. The molecule has 188 valence electrons. The fourth-order valence-corrected chi connectivity index (χ4v) is 4.79. The van der Waals surface area contributed by atoms with Crippen LogP contribution in [-0.4, -0.2) is 12.6 Å². The summed E-state index contributed by atoms with van der Waals surface area (Å²) in [4.78, 5) is 0. The van der Waals surface area contributed by atoms with Crippen molar-refractivity contribution in [1.82, 2.24) is 5.32 Å². The van der Waals surface area contributed by atoms with Gasteiger partial charge in [-0.2, -0.15) is 0 Å². The minimum atomic E-state index is 0.792. The molecule has 0 bridgehead atoms. The predicted octanol–water partition coefficient (Wildman–Crippen LogP) is 10.8. The fraction of sp³-hybridized carbons (Fsp3) is 1.00. The minimum absolute atomic E-state index is 0.792. The maximum atomic E-state index is 3.96. The van der Waals surface area contributed by atoms with Crippen LogP contribution < -0.4 is 5.32 Å². The molecule has 0 aliphatic rings. The van der Waals surface area contributed by atoms with Crippen molar-refractivity contribution in [3.63, 3.8) is 0 Å². The monoisotopic (exact) mass is 437 g/mol. The molecule has 0 aliphatic carbocycles. The van der Waals surface area contributed by atoms with E-state index >= 15 is 0 Å². The van der Waals surface area contributed by atoms with Crippen molar-refractivity contribution in [1.29, 1.82) is 0 Å². The van der Waals surface area contributed by atoms with Crippen molar-refractivity contribution < 1.29 is 0 Å². The van der Waals surface area contributed by atoms with Crippen LogP contribution in [0, 0.1) is 0 Å². The summed E-state index contributed by atoms with van der Waals surface area (Å²) in [5, 5.41) is 3.96. The third-order valence-electron chi connectivity index (χ3n) is 7.03. The number of rotatable bonds is 27. The Morgan fingerprint density at radius 3 is 1.00 bits per heavy atom. The van der Waals surface area contributed by atoms with E-state index in [2.05, 4.69) is 26.1 Å². The summed E-state index contributed by atoms with van der Waals surface area (Å²) in [5.74, 6) is 0. The van der Waals surface area contributed by atoms with Crippen LogP contribution in [0.15, 0.2) is 0 Å². The average molecular weight is 438 g/mol. The second kappa shape index (κ2) is 28.0. The molecule has 1 N–H and O–H groups in total. The van der Waals surface area contributed by atoms with Crippen molar-refractivity contribution >= 4 is 0 Å². The van der Waals surface area contributed by atoms with Gasteiger partial charge in [0.25, 0.3) is 0 Å². The summed E-state index contributed by atoms with van der Waals surface area (Å²) in [7, 11) is 0. The van der Waals surface area contributed by atoms with E-state index in [0.29, 0.717) is 0 Å². The van der Waals surface area contributed by atoms with Crippen molar-refractivity contribution in [3.05, 3.63) is 0 Å². The lowest BCUT2D eigenvalue weighted by molar-refractivity contribution is 0.405. The van der Waals surface area contributed by atoms with Crippen LogP contribution in [0.4, 0.5) is 0 Å². The van der Waals surface area contributed by atoms with Gasteiger partial charge < -0.3 is 5.32 Å². The first-order chi connectivity index (χ1) is 15.3. The van der Waals surface area contributed by atoms with E-state index in [9.17, 15) is 0 Å². The summed E-state index contributed by atoms with van der Waals surface area (Å²) in [5.41, 5.74) is 0. The standard InChI is InChI=1S/C30H63N/c1-4-7-10-13-16-19-22-25-28-30(27-24-21-18-15-12-9-6-3)31-29-26-23-20-17-14-11-8-5-2/h30-31H,4-29H2,1-3H3. The number of hydrogen-bond donors (Lipinski definition) is 1. The van der Waals surface area contributed by atoms with Gasteiger partial charge in [-0.1, -0.05) is 162 Å². The molecule has 0 saturated carbocycles. The van der Waals surface area contributed by atoms with Crippen LogP contribution in [0.2, 0.25) is 0 Å². The largest absolute Gasteiger partial charge is 0.314 e. The molecule has 0 fully saturated rings. The van der Waals surface area contributed by atoms with Crippen molar-refractivity contribution in [2.24, 2.45) is 0 Å². The quantitative estimate of drug-likeness (QED) is 0.126. The van der Waals surface area contributed by atoms with E-state index in [-0.39, 0.29) is 0 Å². The third-order valence-corrected chi connectivity index (χ3v) is 7.03. The van der Waals surface area contributed by atoms with E-state index in [1.807, 2.05) is 0 Å². The van der Waals surface area contributed by atoms with E-state index < -0.39 is 0 Å². The zero-order chi connectivity index (χ0) is 22.7. The summed E-state index contributed by atoms with van der Waals surface area (Å²) in [6, 6.07) is 0.792. The van der Waals surface area contributed by atoms with Crippen LogP contribution >= 0.6 is 0 Å². The van der Waals surface area contributed by atoms with Crippen LogP contribution in [0.25, 0.3) is 0 Å². The first kappa shape index (κ1) is 31.0. The van der Waals surface area contributed by atoms with Crippen molar-refractivity contribution in [3.8, 4) is 0 Å². The molecule has 1 nitrogen and oxygen atoms in total. The summed E-state index contributed by atoms with van der Waals surface area (Å²) in [6.45, 7) is 8.19. The Balaban J connectivity index is 3.81. The molecule has 0 spiro atoms. The molecule has 0 rings (SSSR count). The molecule has 1 heteroatoms. The number of unbranched alkanes of at least 4 members (excludes halogenated alkanes) is 20. The first-order valence-corrected chi connectivity index (χ1v) is 15.1. The molecule has 1 unspecified atom stereocenters. The SMILES string of the molecule is CCCCCCCCCCNC(CCCCCCCCC)CCCCCCCCCC. The van der Waals surface area contributed by atoms with E-state index in [1.54, 1.807) is 0 Å². The Bertz CT molecular complexity index is 301.